The molecule has 11 heteroatoms. The summed E-state index contributed by atoms with van der Waals surface area (Å²) >= 11 is 0. The zero-order valence-corrected chi connectivity index (χ0v) is 19.2. The standard InChI is InChI=1S/C24H25N7O4/c1-17(32)29-11-13-30(14-12-29)22-21(31(34)35)16-26-24(28-22)27-20-9-7-19(8-10-20)23(33)25-15-18-5-3-2-4-6-18/h2-10,16H,11-15H2,1H3,(H,25,33)(H,26,27,28). The molecule has 0 atom stereocenters. The summed E-state index contributed by atoms with van der Waals surface area (Å²) in [6, 6.07) is 16.4. The second kappa shape index (κ2) is 10.6. The molecule has 1 aliphatic heterocycles. The second-order valence-corrected chi connectivity index (χ2v) is 8.02. The first-order valence-corrected chi connectivity index (χ1v) is 11.1. The summed E-state index contributed by atoms with van der Waals surface area (Å²) in [5.41, 5.74) is 1.94. The van der Waals surface area contributed by atoms with Crippen LogP contribution in [0.2, 0.25) is 0 Å². The predicted molar refractivity (Wildman–Crippen MR) is 130 cm³/mol. The fraction of sp³-hybridized carbons (Fsp3) is 0.250. The van der Waals surface area contributed by atoms with Crippen LogP contribution in [-0.4, -0.2) is 57.8 Å². The van der Waals surface area contributed by atoms with Crippen molar-refractivity contribution in [1.29, 1.82) is 0 Å². The van der Waals surface area contributed by atoms with Crippen molar-refractivity contribution in [2.24, 2.45) is 0 Å². The van der Waals surface area contributed by atoms with Gasteiger partial charge >= 0.3 is 5.69 Å². The Labute approximate surface area is 201 Å². The Morgan fingerprint density at radius 3 is 2.34 bits per heavy atom. The van der Waals surface area contributed by atoms with Crippen molar-refractivity contribution in [3.63, 3.8) is 0 Å². The Morgan fingerprint density at radius 1 is 1.03 bits per heavy atom. The normalized spacial score (nSPS) is 13.3. The highest BCUT2D eigenvalue weighted by Gasteiger charge is 2.27. The van der Waals surface area contributed by atoms with Crippen molar-refractivity contribution in [1.82, 2.24) is 20.2 Å². The van der Waals surface area contributed by atoms with Gasteiger partial charge in [0.1, 0.15) is 6.20 Å². The van der Waals surface area contributed by atoms with E-state index in [0.717, 1.165) is 5.56 Å². The third-order valence-corrected chi connectivity index (χ3v) is 5.67. The van der Waals surface area contributed by atoms with Crippen LogP contribution in [-0.2, 0) is 11.3 Å². The van der Waals surface area contributed by atoms with Crippen molar-refractivity contribution in [3.8, 4) is 0 Å². The van der Waals surface area contributed by atoms with E-state index in [0.29, 0.717) is 44.0 Å². The number of piperazine rings is 1. The second-order valence-electron chi connectivity index (χ2n) is 8.02. The van der Waals surface area contributed by atoms with Gasteiger partial charge in [-0.25, -0.2) is 4.98 Å². The van der Waals surface area contributed by atoms with E-state index in [1.54, 1.807) is 34.1 Å². The highest BCUT2D eigenvalue weighted by molar-refractivity contribution is 5.94. The molecule has 4 rings (SSSR count). The van der Waals surface area contributed by atoms with Crippen LogP contribution < -0.4 is 15.5 Å². The fourth-order valence-electron chi connectivity index (χ4n) is 3.74. The minimum absolute atomic E-state index is 0.0265. The highest BCUT2D eigenvalue weighted by Crippen LogP contribution is 2.28. The number of hydrogen-bond acceptors (Lipinski definition) is 8. The number of carbonyl (C=O) groups is 2. The quantitative estimate of drug-likeness (QED) is 0.394. The lowest BCUT2D eigenvalue weighted by molar-refractivity contribution is -0.384. The van der Waals surface area contributed by atoms with Gasteiger partial charge in [-0.3, -0.25) is 19.7 Å². The number of carbonyl (C=O) groups excluding carboxylic acids is 2. The van der Waals surface area contributed by atoms with Crippen molar-refractivity contribution >= 4 is 35.0 Å². The molecular formula is C24H25N7O4. The molecule has 0 saturated carbocycles. The number of nitro groups is 1. The number of nitrogens with one attached hydrogen (secondary N) is 2. The lowest BCUT2D eigenvalue weighted by atomic mass is 10.2. The summed E-state index contributed by atoms with van der Waals surface area (Å²) < 4.78 is 0. The predicted octanol–water partition coefficient (Wildman–Crippen LogP) is 2.73. The molecule has 1 saturated heterocycles. The Morgan fingerprint density at radius 2 is 1.71 bits per heavy atom. The van der Waals surface area contributed by atoms with E-state index in [-0.39, 0.29) is 29.3 Å². The van der Waals surface area contributed by atoms with E-state index in [1.807, 2.05) is 30.3 Å². The lowest BCUT2D eigenvalue weighted by Crippen LogP contribution is -2.48. The zero-order valence-electron chi connectivity index (χ0n) is 19.2. The van der Waals surface area contributed by atoms with Gasteiger partial charge in [0.15, 0.2) is 0 Å². The van der Waals surface area contributed by atoms with E-state index < -0.39 is 4.92 Å². The minimum atomic E-state index is -0.515. The number of hydrogen-bond donors (Lipinski definition) is 2. The average molecular weight is 476 g/mol. The third-order valence-electron chi connectivity index (χ3n) is 5.67. The first kappa shape index (κ1) is 23.6. The monoisotopic (exact) mass is 475 g/mol. The van der Waals surface area contributed by atoms with E-state index in [9.17, 15) is 19.7 Å². The molecule has 3 aromatic rings. The molecular weight excluding hydrogens is 450 g/mol. The summed E-state index contributed by atoms with van der Waals surface area (Å²) in [6.07, 6.45) is 1.17. The summed E-state index contributed by atoms with van der Waals surface area (Å²) in [6.45, 7) is 3.73. The van der Waals surface area contributed by atoms with Crippen LogP contribution in [0.3, 0.4) is 0 Å². The molecule has 0 aliphatic carbocycles. The van der Waals surface area contributed by atoms with Gasteiger partial charge < -0.3 is 20.4 Å². The number of aromatic nitrogens is 2. The van der Waals surface area contributed by atoms with Crippen LogP contribution in [0.4, 0.5) is 23.1 Å². The topological polar surface area (TPSA) is 134 Å². The van der Waals surface area contributed by atoms with Crippen molar-refractivity contribution in [2.45, 2.75) is 13.5 Å². The number of amides is 2. The van der Waals surface area contributed by atoms with Gasteiger partial charge in [-0.05, 0) is 29.8 Å². The molecule has 1 aliphatic rings. The van der Waals surface area contributed by atoms with Gasteiger partial charge in [-0.2, -0.15) is 4.98 Å². The summed E-state index contributed by atoms with van der Waals surface area (Å²) in [7, 11) is 0. The van der Waals surface area contributed by atoms with Crippen molar-refractivity contribution in [3.05, 3.63) is 82.0 Å². The number of benzene rings is 2. The molecule has 0 unspecified atom stereocenters. The maximum absolute atomic E-state index is 12.4. The van der Waals surface area contributed by atoms with E-state index >= 15 is 0 Å². The maximum atomic E-state index is 12.4. The van der Waals surface area contributed by atoms with Crippen molar-refractivity contribution < 1.29 is 14.5 Å². The summed E-state index contributed by atoms with van der Waals surface area (Å²) in [5.74, 6) is 0.175. The van der Waals surface area contributed by atoms with E-state index in [2.05, 4.69) is 20.6 Å². The first-order chi connectivity index (χ1) is 16.9. The summed E-state index contributed by atoms with van der Waals surface area (Å²) in [4.78, 5) is 47.0. The van der Waals surface area contributed by atoms with Gasteiger partial charge in [-0.15, -0.1) is 0 Å². The smallest absolute Gasteiger partial charge is 0.329 e. The molecule has 2 amide bonds. The van der Waals surface area contributed by atoms with Gasteiger partial charge in [0.05, 0.1) is 4.92 Å². The van der Waals surface area contributed by atoms with Gasteiger partial charge in [-0.1, -0.05) is 30.3 Å². The van der Waals surface area contributed by atoms with Gasteiger partial charge in [0.2, 0.25) is 17.7 Å². The van der Waals surface area contributed by atoms with Crippen LogP contribution in [0.15, 0.2) is 60.8 Å². The molecule has 180 valence electrons. The molecule has 11 nitrogen and oxygen atoms in total. The fourth-order valence-corrected chi connectivity index (χ4v) is 3.74. The Hall–Kier alpha value is -4.54. The summed E-state index contributed by atoms with van der Waals surface area (Å²) in [5, 5.41) is 17.4. The average Bonchev–Trinajstić information content (AvgIpc) is 2.88. The molecule has 35 heavy (non-hydrogen) atoms. The molecule has 2 heterocycles. The Kier molecular flexibility index (Phi) is 7.15. The largest absolute Gasteiger partial charge is 0.348 e. The van der Waals surface area contributed by atoms with Crippen LogP contribution >= 0.6 is 0 Å². The molecule has 0 bridgehead atoms. The number of nitrogens with zero attached hydrogens (tertiary/aromatic N) is 5. The van der Waals surface area contributed by atoms with Crippen LogP contribution in [0.1, 0.15) is 22.8 Å². The van der Waals surface area contributed by atoms with Crippen LogP contribution in [0, 0.1) is 10.1 Å². The molecule has 0 spiro atoms. The van der Waals surface area contributed by atoms with Crippen LogP contribution in [0.25, 0.3) is 0 Å². The minimum Gasteiger partial charge on any atom is -0.348 e. The number of rotatable bonds is 7. The third kappa shape index (κ3) is 5.88. The molecule has 2 N–H and O–H groups in total. The van der Waals surface area contributed by atoms with Gasteiger partial charge in [0, 0.05) is 50.9 Å². The Balaban J connectivity index is 1.43. The van der Waals surface area contributed by atoms with E-state index in [1.165, 1.54) is 13.1 Å². The van der Waals surface area contributed by atoms with Crippen molar-refractivity contribution in [2.75, 3.05) is 36.4 Å². The molecule has 2 aromatic carbocycles. The zero-order chi connectivity index (χ0) is 24.8. The maximum Gasteiger partial charge on any atom is 0.329 e. The van der Waals surface area contributed by atoms with Crippen LogP contribution in [0.5, 0.6) is 0 Å². The highest BCUT2D eigenvalue weighted by atomic mass is 16.6. The van der Waals surface area contributed by atoms with E-state index in [4.69, 9.17) is 0 Å². The first-order valence-electron chi connectivity index (χ1n) is 11.1. The molecule has 0 radical (unpaired) electrons. The van der Waals surface area contributed by atoms with Gasteiger partial charge in [0.25, 0.3) is 5.91 Å². The SMILES string of the molecule is CC(=O)N1CCN(c2nc(Nc3ccc(C(=O)NCc4ccccc4)cc3)ncc2[N+](=O)[O-])CC1. The number of anilines is 3. The Bertz CT molecular complexity index is 1210. The lowest BCUT2D eigenvalue weighted by Gasteiger charge is -2.34. The molecule has 1 fully saturated rings. The molecule has 1 aromatic heterocycles.